The average Bonchev–Trinajstić information content (AvgIpc) is 2.27. The number of benzene rings is 1. The smallest absolute Gasteiger partial charge is 0.256 e. The van der Waals surface area contributed by atoms with Crippen molar-refractivity contribution in [3.63, 3.8) is 0 Å². The molecule has 19 heavy (non-hydrogen) atoms. The summed E-state index contributed by atoms with van der Waals surface area (Å²) < 4.78 is 29.6. The van der Waals surface area contributed by atoms with Crippen molar-refractivity contribution in [2.45, 2.75) is 4.90 Å². The Hall–Kier alpha value is -0.570. The molecule has 0 amide bonds. The summed E-state index contributed by atoms with van der Waals surface area (Å²) in [6.07, 6.45) is 0. The number of hydrazine groups is 1. The van der Waals surface area contributed by atoms with E-state index < -0.39 is 10.0 Å². The van der Waals surface area contributed by atoms with Crippen molar-refractivity contribution in [2.75, 3.05) is 32.0 Å². The first-order valence-corrected chi connectivity index (χ1v) is 7.74. The second kappa shape index (κ2) is 5.82. The highest BCUT2D eigenvalue weighted by atomic mass is 35.5. The molecule has 1 aliphatic rings. The summed E-state index contributed by atoms with van der Waals surface area (Å²) in [7, 11) is -3.83. The van der Waals surface area contributed by atoms with Gasteiger partial charge in [-0.05, 0) is 12.1 Å². The summed E-state index contributed by atoms with van der Waals surface area (Å²) in [6.45, 7) is 1.85. The Bertz CT molecular complexity index is 550. The summed E-state index contributed by atoms with van der Waals surface area (Å²) in [5, 5.41) is 1.82. The molecule has 0 unspecified atom stereocenters. The minimum atomic E-state index is -3.83. The Kier molecular flexibility index (Phi) is 4.54. The molecule has 1 heterocycles. The van der Waals surface area contributed by atoms with Crippen LogP contribution in [0.15, 0.2) is 17.0 Å². The maximum absolute atomic E-state index is 12.3. The minimum Gasteiger partial charge on any atom is -0.398 e. The molecule has 106 valence electrons. The van der Waals surface area contributed by atoms with Gasteiger partial charge < -0.3 is 10.5 Å². The molecule has 1 fully saturated rings. The van der Waals surface area contributed by atoms with Gasteiger partial charge in [-0.2, -0.15) is 0 Å². The third-order valence-corrected chi connectivity index (χ3v) is 4.69. The monoisotopic (exact) mass is 325 g/mol. The molecule has 0 spiro atoms. The maximum atomic E-state index is 12.3. The van der Waals surface area contributed by atoms with Crippen molar-refractivity contribution in [3.8, 4) is 0 Å². The first-order valence-electron chi connectivity index (χ1n) is 5.50. The van der Waals surface area contributed by atoms with Crippen molar-refractivity contribution in [1.82, 2.24) is 9.84 Å². The molecular formula is C10H13Cl2N3O3S. The second-order valence-electron chi connectivity index (χ2n) is 4.00. The highest BCUT2D eigenvalue weighted by Gasteiger charge is 2.25. The molecule has 6 nitrogen and oxygen atoms in total. The van der Waals surface area contributed by atoms with Gasteiger partial charge in [0.15, 0.2) is 0 Å². The van der Waals surface area contributed by atoms with Gasteiger partial charge in [0.25, 0.3) is 10.0 Å². The van der Waals surface area contributed by atoms with Gasteiger partial charge in [0, 0.05) is 18.1 Å². The van der Waals surface area contributed by atoms with Gasteiger partial charge in [-0.25, -0.2) is 13.4 Å². The Morgan fingerprint density at radius 1 is 1.26 bits per heavy atom. The SMILES string of the molecule is Nc1cc(Cl)cc(Cl)c1S(=O)(=O)NN1CCOCC1. The topological polar surface area (TPSA) is 84.7 Å². The fourth-order valence-corrected chi connectivity index (χ4v) is 3.85. The number of hydrogen-bond acceptors (Lipinski definition) is 5. The van der Waals surface area contributed by atoms with Crippen LogP contribution < -0.4 is 10.6 Å². The number of nitrogen functional groups attached to an aromatic ring is 1. The third kappa shape index (κ3) is 3.50. The molecule has 0 aromatic heterocycles. The van der Waals surface area contributed by atoms with Gasteiger partial charge in [0.05, 0.1) is 23.9 Å². The van der Waals surface area contributed by atoms with E-state index in [4.69, 9.17) is 33.7 Å². The number of halogens is 2. The number of anilines is 1. The number of nitrogens with two attached hydrogens (primary N) is 1. The zero-order valence-electron chi connectivity index (χ0n) is 9.90. The van der Waals surface area contributed by atoms with Crippen molar-refractivity contribution in [3.05, 3.63) is 22.2 Å². The molecule has 1 aromatic rings. The summed E-state index contributed by atoms with van der Waals surface area (Å²) in [5.41, 5.74) is 5.69. The van der Waals surface area contributed by atoms with Crippen LogP contribution >= 0.6 is 23.2 Å². The second-order valence-corrected chi connectivity index (χ2v) is 6.44. The number of rotatable bonds is 3. The molecule has 1 aliphatic heterocycles. The van der Waals surface area contributed by atoms with Crippen LogP contribution in [0.25, 0.3) is 0 Å². The zero-order valence-corrected chi connectivity index (χ0v) is 12.2. The molecule has 2 rings (SSSR count). The molecule has 0 aliphatic carbocycles. The zero-order chi connectivity index (χ0) is 14.0. The van der Waals surface area contributed by atoms with Crippen LogP contribution in [0.1, 0.15) is 0 Å². The highest BCUT2D eigenvalue weighted by Crippen LogP contribution is 2.31. The van der Waals surface area contributed by atoms with Crippen molar-refractivity contribution < 1.29 is 13.2 Å². The first kappa shape index (κ1) is 14.8. The number of sulfonamides is 1. The van der Waals surface area contributed by atoms with Crippen LogP contribution in [0.4, 0.5) is 5.69 Å². The highest BCUT2D eigenvalue weighted by molar-refractivity contribution is 7.89. The lowest BCUT2D eigenvalue weighted by molar-refractivity contribution is 0.0272. The Labute approximate surface area is 121 Å². The van der Waals surface area contributed by atoms with E-state index in [-0.39, 0.29) is 20.6 Å². The normalized spacial score (nSPS) is 17.6. The van der Waals surface area contributed by atoms with Gasteiger partial charge >= 0.3 is 0 Å². The van der Waals surface area contributed by atoms with E-state index >= 15 is 0 Å². The van der Waals surface area contributed by atoms with Crippen molar-refractivity contribution in [1.29, 1.82) is 0 Å². The fourth-order valence-electron chi connectivity index (χ4n) is 1.73. The van der Waals surface area contributed by atoms with Crippen LogP contribution in [0.3, 0.4) is 0 Å². The molecule has 1 saturated heterocycles. The fraction of sp³-hybridized carbons (Fsp3) is 0.400. The quantitative estimate of drug-likeness (QED) is 0.813. The number of morpholine rings is 1. The van der Waals surface area contributed by atoms with E-state index in [9.17, 15) is 8.42 Å². The van der Waals surface area contributed by atoms with Crippen LogP contribution in [-0.2, 0) is 14.8 Å². The lowest BCUT2D eigenvalue weighted by Gasteiger charge is -2.27. The van der Waals surface area contributed by atoms with E-state index in [1.54, 1.807) is 5.01 Å². The van der Waals surface area contributed by atoms with Crippen LogP contribution in [0.5, 0.6) is 0 Å². The predicted octanol–water partition coefficient (Wildman–Crippen LogP) is 1.10. The van der Waals surface area contributed by atoms with Crippen molar-refractivity contribution in [2.24, 2.45) is 0 Å². The molecule has 3 N–H and O–H groups in total. The Morgan fingerprint density at radius 3 is 2.47 bits per heavy atom. The van der Waals surface area contributed by atoms with Gasteiger partial charge in [-0.15, -0.1) is 4.83 Å². The lowest BCUT2D eigenvalue weighted by atomic mass is 10.3. The largest absolute Gasteiger partial charge is 0.398 e. The molecule has 0 radical (unpaired) electrons. The van der Waals surface area contributed by atoms with Gasteiger partial charge in [-0.3, -0.25) is 0 Å². The van der Waals surface area contributed by atoms with Gasteiger partial charge in [0.2, 0.25) is 0 Å². The van der Waals surface area contributed by atoms with E-state index in [1.807, 2.05) is 0 Å². The molecule has 1 aromatic carbocycles. The van der Waals surface area contributed by atoms with E-state index in [2.05, 4.69) is 4.83 Å². The van der Waals surface area contributed by atoms with E-state index in [1.165, 1.54) is 12.1 Å². The van der Waals surface area contributed by atoms with E-state index in [0.717, 1.165) is 0 Å². The lowest BCUT2D eigenvalue weighted by Crippen LogP contribution is -2.48. The number of ether oxygens (including phenoxy) is 1. The average molecular weight is 326 g/mol. The Balaban J connectivity index is 2.29. The van der Waals surface area contributed by atoms with Gasteiger partial charge in [-0.1, -0.05) is 23.2 Å². The van der Waals surface area contributed by atoms with Crippen molar-refractivity contribution >= 4 is 38.9 Å². The summed E-state index contributed by atoms with van der Waals surface area (Å²) >= 11 is 11.7. The summed E-state index contributed by atoms with van der Waals surface area (Å²) in [6, 6.07) is 2.69. The van der Waals surface area contributed by atoms with Crippen LogP contribution in [0, 0.1) is 0 Å². The number of nitrogens with one attached hydrogen (secondary N) is 1. The number of hydrogen-bond donors (Lipinski definition) is 2. The first-order chi connectivity index (χ1) is 8.90. The van der Waals surface area contributed by atoms with Gasteiger partial charge in [0.1, 0.15) is 4.90 Å². The molecule has 0 atom stereocenters. The van der Waals surface area contributed by atoms with Crippen LogP contribution in [0.2, 0.25) is 10.0 Å². The molecule has 0 saturated carbocycles. The summed E-state index contributed by atoms with van der Waals surface area (Å²) in [5.74, 6) is 0. The third-order valence-electron chi connectivity index (χ3n) is 2.57. The minimum absolute atomic E-state index is 0.00856. The number of nitrogens with zero attached hydrogens (tertiary/aromatic N) is 1. The predicted molar refractivity (Wildman–Crippen MR) is 73.6 cm³/mol. The molecule has 9 heteroatoms. The summed E-state index contributed by atoms with van der Waals surface area (Å²) in [4.78, 5) is 2.27. The van der Waals surface area contributed by atoms with E-state index in [0.29, 0.717) is 26.3 Å². The standard InChI is InChI=1S/C10H13Cl2N3O3S/c11-7-5-8(12)10(9(13)6-7)19(16,17)14-15-1-3-18-4-2-15/h5-6,14H,1-4,13H2. The van der Waals surface area contributed by atoms with Crippen LogP contribution in [-0.4, -0.2) is 39.7 Å². The molecule has 0 bridgehead atoms. The maximum Gasteiger partial charge on any atom is 0.256 e. The Morgan fingerprint density at radius 2 is 1.89 bits per heavy atom. The molecular weight excluding hydrogens is 313 g/mol.